The van der Waals surface area contributed by atoms with Crippen LogP contribution in [0.15, 0.2) is 0 Å². The summed E-state index contributed by atoms with van der Waals surface area (Å²) in [5.74, 6) is 0.447. The number of urea groups is 1. The molecule has 2 aliphatic carbocycles. The highest BCUT2D eigenvalue weighted by molar-refractivity contribution is 5.75. The minimum absolute atomic E-state index is 0.0449. The number of β-amino-alcohol motifs (C(OH)–C–C–N with tert-alkyl or cyclic N) is 1. The van der Waals surface area contributed by atoms with Crippen molar-refractivity contribution in [3.8, 4) is 0 Å². The summed E-state index contributed by atoms with van der Waals surface area (Å²) in [6, 6.07) is 0.396. The van der Waals surface area contributed by atoms with Gasteiger partial charge in [-0.1, -0.05) is 25.7 Å². The van der Waals surface area contributed by atoms with E-state index in [1.165, 1.54) is 25.7 Å². The van der Waals surface area contributed by atoms with Gasteiger partial charge in [0.05, 0.1) is 12.1 Å². The molecule has 108 valence electrons. The number of nitrogens with zero attached hydrogens (tertiary/aromatic N) is 1. The van der Waals surface area contributed by atoms with E-state index in [4.69, 9.17) is 0 Å². The molecule has 3 fully saturated rings. The molecule has 3 aliphatic rings. The Morgan fingerprint density at radius 2 is 1.79 bits per heavy atom. The van der Waals surface area contributed by atoms with Gasteiger partial charge in [0, 0.05) is 12.6 Å². The van der Waals surface area contributed by atoms with Gasteiger partial charge in [0.15, 0.2) is 0 Å². The summed E-state index contributed by atoms with van der Waals surface area (Å²) < 4.78 is 0. The van der Waals surface area contributed by atoms with Gasteiger partial charge in [-0.2, -0.15) is 0 Å². The first-order chi connectivity index (χ1) is 9.17. The quantitative estimate of drug-likeness (QED) is 0.753. The van der Waals surface area contributed by atoms with Crippen LogP contribution in [0.5, 0.6) is 0 Å². The zero-order valence-corrected chi connectivity index (χ0v) is 11.7. The topological polar surface area (TPSA) is 52.6 Å². The van der Waals surface area contributed by atoms with Crippen LogP contribution in [0.25, 0.3) is 0 Å². The normalized spacial score (nSPS) is 33.2. The van der Waals surface area contributed by atoms with E-state index in [1.54, 1.807) is 0 Å². The molecule has 0 aromatic carbocycles. The third kappa shape index (κ3) is 3.04. The number of rotatable bonds is 2. The molecule has 2 saturated carbocycles. The Bertz CT molecular complexity index is 335. The van der Waals surface area contributed by atoms with E-state index in [2.05, 4.69) is 5.32 Å². The average Bonchev–Trinajstić information content (AvgIpc) is 3.19. The molecule has 0 radical (unpaired) electrons. The van der Waals surface area contributed by atoms with Gasteiger partial charge in [-0.3, -0.25) is 0 Å². The molecule has 1 saturated heterocycles. The van der Waals surface area contributed by atoms with E-state index in [-0.39, 0.29) is 6.03 Å². The van der Waals surface area contributed by atoms with E-state index in [1.807, 2.05) is 4.90 Å². The minimum atomic E-state index is -0.583. The number of likely N-dealkylation sites (tertiary alicyclic amines) is 1. The van der Waals surface area contributed by atoms with Crippen molar-refractivity contribution in [2.24, 2.45) is 5.92 Å². The Morgan fingerprint density at radius 1 is 1.11 bits per heavy atom. The van der Waals surface area contributed by atoms with E-state index in [0.717, 1.165) is 32.1 Å². The van der Waals surface area contributed by atoms with Gasteiger partial charge in [-0.25, -0.2) is 4.79 Å². The van der Waals surface area contributed by atoms with Crippen LogP contribution in [0.4, 0.5) is 4.79 Å². The number of amides is 2. The van der Waals surface area contributed by atoms with Crippen LogP contribution in [0.3, 0.4) is 0 Å². The number of carbonyl (C=O) groups excluding carboxylic acids is 1. The number of hydrogen-bond donors (Lipinski definition) is 2. The van der Waals surface area contributed by atoms with E-state index in [9.17, 15) is 9.90 Å². The highest BCUT2D eigenvalue weighted by Gasteiger charge is 2.49. The van der Waals surface area contributed by atoms with Gasteiger partial charge in [-0.15, -0.1) is 0 Å². The van der Waals surface area contributed by atoms with Crippen molar-refractivity contribution in [1.29, 1.82) is 0 Å². The second-order valence-electron chi connectivity index (χ2n) is 6.69. The van der Waals surface area contributed by atoms with Gasteiger partial charge in [0.2, 0.25) is 0 Å². The fraction of sp³-hybridized carbons (Fsp3) is 0.933. The van der Waals surface area contributed by atoms with Crippen molar-refractivity contribution in [3.63, 3.8) is 0 Å². The Kier molecular flexibility index (Phi) is 3.70. The largest absolute Gasteiger partial charge is 0.388 e. The second-order valence-corrected chi connectivity index (χ2v) is 6.69. The lowest BCUT2D eigenvalue weighted by Gasteiger charge is -2.25. The third-order valence-electron chi connectivity index (χ3n) is 5.09. The molecule has 4 heteroatoms. The first-order valence-corrected chi connectivity index (χ1v) is 7.95. The minimum Gasteiger partial charge on any atom is -0.388 e. The number of aliphatic hydroxyl groups is 1. The molecule has 0 aromatic heterocycles. The fourth-order valence-corrected chi connectivity index (χ4v) is 3.63. The number of nitrogens with one attached hydrogen (secondary N) is 1. The Morgan fingerprint density at radius 3 is 2.42 bits per heavy atom. The Balaban J connectivity index is 1.50. The number of carbonyl (C=O) groups is 1. The van der Waals surface area contributed by atoms with Crippen molar-refractivity contribution >= 4 is 6.03 Å². The van der Waals surface area contributed by atoms with Crippen molar-refractivity contribution in [1.82, 2.24) is 10.2 Å². The predicted octanol–water partition coefficient (Wildman–Crippen LogP) is 2.27. The second kappa shape index (κ2) is 5.31. The Labute approximate surface area is 115 Å². The lowest BCUT2D eigenvalue weighted by molar-refractivity contribution is 0.0299. The zero-order chi connectivity index (χ0) is 13.3. The van der Waals surface area contributed by atoms with E-state index in [0.29, 0.717) is 25.0 Å². The van der Waals surface area contributed by atoms with Crippen molar-refractivity contribution in [3.05, 3.63) is 0 Å². The molecule has 0 spiro atoms. The lowest BCUT2D eigenvalue weighted by Crippen LogP contribution is -2.45. The third-order valence-corrected chi connectivity index (χ3v) is 5.09. The molecule has 1 atom stereocenters. The van der Waals surface area contributed by atoms with Gasteiger partial charge < -0.3 is 15.3 Å². The molecule has 1 aliphatic heterocycles. The molecule has 0 aromatic rings. The van der Waals surface area contributed by atoms with Crippen molar-refractivity contribution < 1.29 is 9.90 Å². The maximum atomic E-state index is 12.3. The lowest BCUT2D eigenvalue weighted by atomic mass is 9.97. The highest BCUT2D eigenvalue weighted by Crippen LogP contribution is 2.44. The van der Waals surface area contributed by atoms with Crippen molar-refractivity contribution in [2.45, 2.75) is 69.4 Å². The SMILES string of the molecule is O=C(NC1CCCCCC1)N1CCC(O)(C2CC2)C1. The summed E-state index contributed by atoms with van der Waals surface area (Å²) in [6.07, 6.45) is 10.3. The van der Waals surface area contributed by atoms with E-state index < -0.39 is 5.60 Å². The summed E-state index contributed by atoms with van der Waals surface area (Å²) in [5, 5.41) is 13.7. The Hall–Kier alpha value is -0.770. The molecule has 19 heavy (non-hydrogen) atoms. The first-order valence-electron chi connectivity index (χ1n) is 7.95. The van der Waals surface area contributed by atoms with Gasteiger partial charge in [-0.05, 0) is 38.0 Å². The molecule has 3 rings (SSSR count). The summed E-state index contributed by atoms with van der Waals surface area (Å²) in [7, 11) is 0. The van der Waals surface area contributed by atoms with Gasteiger partial charge in [0.25, 0.3) is 0 Å². The molecule has 0 bridgehead atoms. The summed E-state index contributed by atoms with van der Waals surface area (Å²) >= 11 is 0. The monoisotopic (exact) mass is 266 g/mol. The molecule has 2 N–H and O–H groups in total. The van der Waals surface area contributed by atoms with Crippen LogP contribution < -0.4 is 5.32 Å². The summed E-state index contributed by atoms with van der Waals surface area (Å²) in [6.45, 7) is 1.25. The van der Waals surface area contributed by atoms with Crippen LogP contribution in [0.1, 0.15) is 57.8 Å². The van der Waals surface area contributed by atoms with Gasteiger partial charge in [0.1, 0.15) is 0 Å². The zero-order valence-electron chi connectivity index (χ0n) is 11.7. The first kappa shape index (κ1) is 13.2. The highest BCUT2D eigenvalue weighted by atomic mass is 16.3. The average molecular weight is 266 g/mol. The van der Waals surface area contributed by atoms with Crippen LogP contribution in [-0.2, 0) is 0 Å². The smallest absolute Gasteiger partial charge is 0.317 e. The molecule has 2 amide bonds. The molecular formula is C15H26N2O2. The van der Waals surface area contributed by atoms with Crippen LogP contribution in [0.2, 0.25) is 0 Å². The van der Waals surface area contributed by atoms with Gasteiger partial charge >= 0.3 is 6.03 Å². The molecule has 1 heterocycles. The fourth-order valence-electron chi connectivity index (χ4n) is 3.63. The predicted molar refractivity (Wildman–Crippen MR) is 73.9 cm³/mol. The maximum Gasteiger partial charge on any atom is 0.317 e. The van der Waals surface area contributed by atoms with Crippen molar-refractivity contribution in [2.75, 3.05) is 13.1 Å². The summed E-state index contributed by atoms with van der Waals surface area (Å²) in [4.78, 5) is 14.1. The number of hydrogen-bond acceptors (Lipinski definition) is 2. The molecular weight excluding hydrogens is 240 g/mol. The van der Waals surface area contributed by atoms with Crippen LogP contribution in [-0.4, -0.2) is 40.8 Å². The standard InChI is InChI=1S/C15H26N2O2/c18-14(16-13-5-3-1-2-4-6-13)17-10-9-15(19,11-17)12-7-8-12/h12-13,19H,1-11H2,(H,16,18). The molecule has 4 nitrogen and oxygen atoms in total. The van der Waals surface area contributed by atoms with E-state index >= 15 is 0 Å². The van der Waals surface area contributed by atoms with Crippen LogP contribution >= 0.6 is 0 Å². The molecule has 1 unspecified atom stereocenters. The summed E-state index contributed by atoms with van der Waals surface area (Å²) in [5.41, 5.74) is -0.583. The maximum absolute atomic E-state index is 12.3. The van der Waals surface area contributed by atoms with Crippen LogP contribution in [0, 0.1) is 5.92 Å².